The Morgan fingerprint density at radius 2 is 1.65 bits per heavy atom. The standard InChI is InChI=1S/C28H33NO2/c1-5-17-15-18(6-2)21(8-4)24(20(17)7-3)16-19-13-14-23(28(29)30)27-26(19)22-11-9-10-12-25(22)31-27/h9-10,12-15,22H,5-8,11,16H2,1-4H3,(H2,29,30). The Kier molecular flexibility index (Phi) is 6.04. The number of hydrogen-bond donors (Lipinski definition) is 1. The Morgan fingerprint density at radius 3 is 2.23 bits per heavy atom. The first-order valence-corrected chi connectivity index (χ1v) is 11.7. The van der Waals surface area contributed by atoms with Crippen LogP contribution in [0.4, 0.5) is 0 Å². The molecular formula is C28H33NO2. The first-order chi connectivity index (χ1) is 15.0. The van der Waals surface area contributed by atoms with E-state index >= 15 is 0 Å². The van der Waals surface area contributed by atoms with Gasteiger partial charge < -0.3 is 10.5 Å². The van der Waals surface area contributed by atoms with Crippen LogP contribution in [0.2, 0.25) is 0 Å². The minimum Gasteiger partial charge on any atom is -0.460 e. The quantitative estimate of drug-likeness (QED) is 0.608. The molecule has 1 aliphatic carbocycles. The van der Waals surface area contributed by atoms with Crippen LogP contribution in [0.1, 0.15) is 89.3 Å². The molecule has 0 aromatic heterocycles. The minimum atomic E-state index is -0.431. The monoisotopic (exact) mass is 415 g/mol. The van der Waals surface area contributed by atoms with Crippen molar-refractivity contribution in [2.24, 2.45) is 5.73 Å². The molecule has 0 bridgehead atoms. The second kappa shape index (κ2) is 8.74. The first-order valence-electron chi connectivity index (χ1n) is 11.7. The number of primary amides is 1. The van der Waals surface area contributed by atoms with E-state index in [1.54, 1.807) is 0 Å². The van der Waals surface area contributed by atoms with E-state index in [0.717, 1.165) is 49.8 Å². The van der Waals surface area contributed by atoms with Gasteiger partial charge in [0.05, 0.1) is 5.56 Å². The van der Waals surface area contributed by atoms with Gasteiger partial charge in [0.1, 0.15) is 11.5 Å². The van der Waals surface area contributed by atoms with Gasteiger partial charge >= 0.3 is 0 Å². The number of hydrogen-bond acceptors (Lipinski definition) is 2. The Balaban J connectivity index is 1.91. The third kappa shape index (κ3) is 3.60. The van der Waals surface area contributed by atoms with Gasteiger partial charge in [-0.05, 0) is 84.0 Å². The SMILES string of the molecule is CCc1cc(CC)c(CC)c(Cc2ccc(C(N)=O)c3c2C2CC=CC=C2O3)c1CC. The molecule has 0 spiro atoms. The van der Waals surface area contributed by atoms with E-state index in [1.165, 1.54) is 33.4 Å². The fourth-order valence-electron chi connectivity index (χ4n) is 5.44. The largest absolute Gasteiger partial charge is 0.460 e. The maximum Gasteiger partial charge on any atom is 0.252 e. The van der Waals surface area contributed by atoms with Gasteiger partial charge in [-0.15, -0.1) is 0 Å². The van der Waals surface area contributed by atoms with Gasteiger partial charge in [0.2, 0.25) is 0 Å². The number of nitrogens with two attached hydrogens (primary N) is 1. The van der Waals surface area contributed by atoms with E-state index in [2.05, 4.69) is 45.9 Å². The van der Waals surface area contributed by atoms with E-state index in [4.69, 9.17) is 10.5 Å². The molecular weight excluding hydrogens is 382 g/mol. The van der Waals surface area contributed by atoms with Crippen molar-refractivity contribution in [2.75, 3.05) is 0 Å². The topological polar surface area (TPSA) is 52.3 Å². The smallest absolute Gasteiger partial charge is 0.252 e. The van der Waals surface area contributed by atoms with E-state index < -0.39 is 5.91 Å². The molecule has 4 rings (SSSR count). The molecule has 2 aliphatic rings. The molecule has 1 atom stereocenters. The highest BCUT2D eigenvalue weighted by Gasteiger charge is 2.35. The van der Waals surface area contributed by atoms with E-state index in [0.29, 0.717) is 11.3 Å². The van der Waals surface area contributed by atoms with Crippen LogP contribution >= 0.6 is 0 Å². The third-order valence-electron chi connectivity index (χ3n) is 6.92. The molecule has 3 nitrogen and oxygen atoms in total. The first kappa shape index (κ1) is 21.4. The van der Waals surface area contributed by atoms with Gasteiger partial charge in [-0.2, -0.15) is 0 Å². The normalized spacial score (nSPS) is 16.5. The molecule has 2 aromatic carbocycles. The van der Waals surface area contributed by atoms with Crippen LogP contribution in [0.15, 0.2) is 42.2 Å². The number of allylic oxidation sites excluding steroid dienone is 4. The Labute approximate surface area is 186 Å². The van der Waals surface area contributed by atoms with Crippen molar-refractivity contribution in [3.63, 3.8) is 0 Å². The number of aryl methyl sites for hydroxylation is 2. The highest BCUT2D eigenvalue weighted by atomic mass is 16.5. The lowest BCUT2D eigenvalue weighted by Crippen LogP contribution is -2.13. The number of carbonyl (C=O) groups excluding carboxylic acids is 1. The van der Waals surface area contributed by atoms with E-state index in [1.807, 2.05) is 18.2 Å². The molecule has 0 saturated heterocycles. The summed E-state index contributed by atoms with van der Waals surface area (Å²) >= 11 is 0. The lowest BCUT2D eigenvalue weighted by molar-refractivity contribution is 0.0998. The molecule has 162 valence electrons. The van der Waals surface area contributed by atoms with Crippen molar-refractivity contribution < 1.29 is 9.53 Å². The van der Waals surface area contributed by atoms with Gasteiger partial charge in [-0.1, -0.05) is 52.0 Å². The van der Waals surface area contributed by atoms with Crippen molar-refractivity contribution >= 4 is 5.91 Å². The molecule has 2 aromatic rings. The maximum atomic E-state index is 12.1. The van der Waals surface area contributed by atoms with Crippen LogP contribution in [-0.2, 0) is 32.1 Å². The number of fused-ring (bicyclic) bond motifs is 3. The lowest BCUT2D eigenvalue weighted by atomic mass is 9.81. The lowest BCUT2D eigenvalue weighted by Gasteiger charge is -2.22. The number of ether oxygens (including phenoxy) is 1. The summed E-state index contributed by atoms with van der Waals surface area (Å²) in [4.78, 5) is 12.1. The summed E-state index contributed by atoms with van der Waals surface area (Å²) in [5.74, 6) is 1.34. The Bertz CT molecular complexity index is 1060. The average molecular weight is 416 g/mol. The summed E-state index contributed by atoms with van der Waals surface area (Å²) in [6.07, 6.45) is 12.2. The number of rotatable bonds is 7. The average Bonchev–Trinajstić information content (AvgIpc) is 3.17. The maximum absolute atomic E-state index is 12.1. The summed E-state index contributed by atoms with van der Waals surface area (Å²) < 4.78 is 6.19. The van der Waals surface area contributed by atoms with Crippen molar-refractivity contribution in [1.82, 2.24) is 0 Å². The second-order valence-corrected chi connectivity index (χ2v) is 8.49. The summed E-state index contributed by atoms with van der Waals surface area (Å²) in [7, 11) is 0. The minimum absolute atomic E-state index is 0.171. The van der Waals surface area contributed by atoms with Crippen molar-refractivity contribution in [1.29, 1.82) is 0 Å². The van der Waals surface area contributed by atoms with Crippen molar-refractivity contribution in [2.45, 2.75) is 72.1 Å². The third-order valence-corrected chi connectivity index (χ3v) is 6.92. The summed E-state index contributed by atoms with van der Waals surface area (Å²) in [5.41, 5.74) is 16.0. The van der Waals surface area contributed by atoms with Crippen LogP contribution < -0.4 is 10.5 Å². The molecule has 0 fully saturated rings. The molecule has 1 unspecified atom stereocenters. The fraction of sp³-hybridized carbons (Fsp3) is 0.393. The number of amides is 1. The second-order valence-electron chi connectivity index (χ2n) is 8.49. The predicted octanol–water partition coefficient (Wildman–Crippen LogP) is 5.95. The molecule has 2 N–H and O–H groups in total. The van der Waals surface area contributed by atoms with Gasteiger partial charge in [0.15, 0.2) is 0 Å². The molecule has 1 aliphatic heterocycles. The highest BCUT2D eigenvalue weighted by molar-refractivity contribution is 5.97. The molecule has 1 amide bonds. The zero-order valence-electron chi connectivity index (χ0n) is 19.2. The fourth-order valence-corrected chi connectivity index (χ4v) is 5.44. The van der Waals surface area contributed by atoms with Crippen LogP contribution in [-0.4, -0.2) is 5.91 Å². The van der Waals surface area contributed by atoms with Crippen LogP contribution in [0.25, 0.3) is 0 Å². The van der Waals surface area contributed by atoms with Crippen LogP contribution in [0.5, 0.6) is 5.75 Å². The van der Waals surface area contributed by atoms with Gasteiger partial charge in [0, 0.05) is 11.5 Å². The van der Waals surface area contributed by atoms with Crippen molar-refractivity contribution in [3.8, 4) is 5.75 Å². The Morgan fingerprint density at radius 1 is 0.968 bits per heavy atom. The molecule has 0 radical (unpaired) electrons. The Hall–Kier alpha value is -2.81. The van der Waals surface area contributed by atoms with Gasteiger partial charge in [-0.3, -0.25) is 4.79 Å². The highest BCUT2D eigenvalue weighted by Crippen LogP contribution is 2.48. The zero-order chi connectivity index (χ0) is 22.1. The van der Waals surface area contributed by atoms with E-state index in [9.17, 15) is 4.79 Å². The zero-order valence-corrected chi connectivity index (χ0v) is 19.2. The molecule has 31 heavy (non-hydrogen) atoms. The van der Waals surface area contributed by atoms with E-state index in [-0.39, 0.29) is 5.92 Å². The van der Waals surface area contributed by atoms with Crippen molar-refractivity contribution in [3.05, 3.63) is 86.7 Å². The molecule has 0 saturated carbocycles. The predicted molar refractivity (Wildman–Crippen MR) is 127 cm³/mol. The summed E-state index contributed by atoms with van der Waals surface area (Å²) in [5, 5.41) is 0. The molecule has 3 heteroatoms. The summed E-state index contributed by atoms with van der Waals surface area (Å²) in [6, 6.07) is 6.38. The number of benzene rings is 2. The van der Waals surface area contributed by atoms with Gasteiger partial charge in [-0.25, -0.2) is 0 Å². The van der Waals surface area contributed by atoms with Crippen LogP contribution in [0, 0.1) is 0 Å². The molecule has 1 heterocycles. The number of carbonyl (C=O) groups is 1. The summed E-state index contributed by atoms with van der Waals surface area (Å²) in [6.45, 7) is 9.03. The van der Waals surface area contributed by atoms with Gasteiger partial charge in [0.25, 0.3) is 5.91 Å². The van der Waals surface area contributed by atoms with Crippen LogP contribution in [0.3, 0.4) is 0 Å².